The third-order valence-electron chi connectivity index (χ3n) is 3.57. The van der Waals surface area contributed by atoms with E-state index in [1.54, 1.807) is 6.33 Å². The first-order valence-electron chi connectivity index (χ1n) is 7.11. The zero-order valence-electron chi connectivity index (χ0n) is 11.5. The molecule has 1 fully saturated rings. The van der Waals surface area contributed by atoms with Gasteiger partial charge in [0, 0.05) is 30.9 Å². The predicted octanol–water partition coefficient (Wildman–Crippen LogP) is 2.33. The molecule has 1 aromatic rings. The number of nitrogens with one attached hydrogen (secondary N) is 1. The molecule has 0 unspecified atom stereocenters. The van der Waals surface area contributed by atoms with Crippen LogP contribution in [0.4, 0.5) is 5.82 Å². The molecule has 2 rings (SSSR count). The van der Waals surface area contributed by atoms with Crippen molar-refractivity contribution in [2.75, 3.05) is 25.0 Å². The number of aryl methyl sites for hydroxylation is 1. The summed E-state index contributed by atoms with van der Waals surface area (Å²) in [7, 11) is 0. The fourth-order valence-electron chi connectivity index (χ4n) is 2.50. The molecule has 0 atom stereocenters. The lowest BCUT2D eigenvalue weighted by molar-refractivity contribution is 0.219. The van der Waals surface area contributed by atoms with Crippen LogP contribution in [0.5, 0.6) is 0 Å². The fourth-order valence-corrected chi connectivity index (χ4v) is 2.50. The molecule has 1 aliphatic heterocycles. The van der Waals surface area contributed by atoms with E-state index in [4.69, 9.17) is 0 Å². The van der Waals surface area contributed by atoms with Crippen molar-refractivity contribution in [1.29, 1.82) is 0 Å². The van der Waals surface area contributed by atoms with Crippen LogP contribution >= 0.6 is 0 Å². The highest BCUT2D eigenvalue weighted by Gasteiger charge is 2.18. The monoisotopic (exact) mass is 248 g/mol. The molecule has 0 aromatic carbocycles. The van der Waals surface area contributed by atoms with Crippen LogP contribution in [0.15, 0.2) is 12.4 Å². The first-order chi connectivity index (χ1) is 8.81. The zero-order chi connectivity index (χ0) is 12.8. The van der Waals surface area contributed by atoms with Crippen LogP contribution in [0.1, 0.15) is 38.8 Å². The van der Waals surface area contributed by atoms with E-state index in [1.807, 2.05) is 0 Å². The molecule has 1 aliphatic rings. The maximum Gasteiger partial charge on any atom is 0.129 e. The van der Waals surface area contributed by atoms with E-state index < -0.39 is 0 Å². The largest absolute Gasteiger partial charge is 0.367 e. The van der Waals surface area contributed by atoms with Gasteiger partial charge in [0.25, 0.3) is 0 Å². The lowest BCUT2D eigenvalue weighted by atomic mass is 10.0. The van der Waals surface area contributed by atoms with Gasteiger partial charge >= 0.3 is 0 Å². The number of aromatic nitrogens is 2. The summed E-state index contributed by atoms with van der Waals surface area (Å²) >= 11 is 0. The molecule has 1 saturated heterocycles. The number of rotatable bonds is 5. The average molecular weight is 248 g/mol. The SMILES string of the molecule is CCCN1CCC(Nc2cc(CC)ncn2)CC1. The number of hydrogen-bond donors (Lipinski definition) is 1. The Bertz CT molecular complexity index is 359. The number of likely N-dealkylation sites (tertiary alicyclic amines) is 1. The van der Waals surface area contributed by atoms with Gasteiger partial charge in [0.2, 0.25) is 0 Å². The van der Waals surface area contributed by atoms with Gasteiger partial charge in [-0.1, -0.05) is 13.8 Å². The molecular weight excluding hydrogens is 224 g/mol. The Morgan fingerprint density at radius 1 is 1.28 bits per heavy atom. The Balaban J connectivity index is 1.83. The van der Waals surface area contributed by atoms with Gasteiger partial charge in [0.1, 0.15) is 12.1 Å². The summed E-state index contributed by atoms with van der Waals surface area (Å²) in [5.41, 5.74) is 1.11. The van der Waals surface area contributed by atoms with Crippen molar-refractivity contribution >= 4 is 5.82 Å². The molecule has 1 aromatic heterocycles. The van der Waals surface area contributed by atoms with Crippen LogP contribution in [0, 0.1) is 0 Å². The summed E-state index contributed by atoms with van der Waals surface area (Å²) < 4.78 is 0. The van der Waals surface area contributed by atoms with Crippen LogP contribution in [-0.2, 0) is 6.42 Å². The molecule has 18 heavy (non-hydrogen) atoms. The van der Waals surface area contributed by atoms with Gasteiger partial charge < -0.3 is 10.2 Å². The van der Waals surface area contributed by atoms with Crippen molar-refractivity contribution in [1.82, 2.24) is 14.9 Å². The second-order valence-electron chi connectivity index (χ2n) is 5.01. The highest BCUT2D eigenvalue weighted by atomic mass is 15.1. The van der Waals surface area contributed by atoms with Crippen LogP contribution in [0.2, 0.25) is 0 Å². The Morgan fingerprint density at radius 2 is 2.06 bits per heavy atom. The first kappa shape index (κ1) is 13.3. The molecule has 4 heteroatoms. The minimum Gasteiger partial charge on any atom is -0.367 e. The maximum absolute atomic E-state index is 4.30. The standard InChI is InChI=1S/C14H24N4/c1-3-7-18-8-5-13(6-9-18)17-14-10-12(4-2)15-11-16-14/h10-11,13H,3-9H2,1-2H3,(H,15,16,17). The van der Waals surface area contributed by atoms with E-state index >= 15 is 0 Å². The molecule has 100 valence electrons. The summed E-state index contributed by atoms with van der Waals surface area (Å²) in [6, 6.07) is 2.64. The van der Waals surface area contributed by atoms with Crippen molar-refractivity contribution in [3.8, 4) is 0 Å². The zero-order valence-corrected chi connectivity index (χ0v) is 11.5. The van der Waals surface area contributed by atoms with Gasteiger partial charge in [0.15, 0.2) is 0 Å². The Kier molecular flexibility index (Phi) is 4.93. The molecule has 4 nitrogen and oxygen atoms in total. The summed E-state index contributed by atoms with van der Waals surface area (Å²) in [6.07, 6.45) is 6.31. The number of piperidine rings is 1. The van der Waals surface area contributed by atoms with E-state index in [0.29, 0.717) is 6.04 Å². The van der Waals surface area contributed by atoms with Crippen molar-refractivity contribution in [2.45, 2.75) is 45.6 Å². The van der Waals surface area contributed by atoms with Crippen molar-refractivity contribution < 1.29 is 0 Å². The smallest absolute Gasteiger partial charge is 0.129 e. The summed E-state index contributed by atoms with van der Waals surface area (Å²) in [4.78, 5) is 11.1. The van der Waals surface area contributed by atoms with Gasteiger partial charge in [-0.25, -0.2) is 9.97 Å². The number of anilines is 1. The van der Waals surface area contributed by atoms with Gasteiger partial charge in [0.05, 0.1) is 0 Å². The quantitative estimate of drug-likeness (QED) is 0.868. The Hall–Kier alpha value is -1.16. The number of hydrogen-bond acceptors (Lipinski definition) is 4. The molecule has 0 saturated carbocycles. The molecule has 0 spiro atoms. The Labute approximate surface area is 110 Å². The highest BCUT2D eigenvalue weighted by molar-refractivity contribution is 5.36. The van der Waals surface area contributed by atoms with Gasteiger partial charge in [-0.2, -0.15) is 0 Å². The van der Waals surface area contributed by atoms with Crippen LogP contribution in [0.25, 0.3) is 0 Å². The summed E-state index contributed by atoms with van der Waals surface area (Å²) in [5.74, 6) is 0.982. The lowest BCUT2D eigenvalue weighted by Crippen LogP contribution is -2.39. The fraction of sp³-hybridized carbons (Fsp3) is 0.714. The van der Waals surface area contributed by atoms with Gasteiger partial charge in [-0.3, -0.25) is 0 Å². The predicted molar refractivity (Wildman–Crippen MR) is 74.8 cm³/mol. The Morgan fingerprint density at radius 3 is 2.72 bits per heavy atom. The number of nitrogens with zero attached hydrogens (tertiary/aromatic N) is 3. The average Bonchev–Trinajstić information content (AvgIpc) is 2.42. The molecule has 0 radical (unpaired) electrons. The second kappa shape index (κ2) is 6.69. The minimum absolute atomic E-state index is 0.567. The van der Waals surface area contributed by atoms with E-state index in [2.05, 4.69) is 40.1 Å². The van der Waals surface area contributed by atoms with Crippen LogP contribution in [-0.4, -0.2) is 40.5 Å². The molecule has 2 heterocycles. The lowest BCUT2D eigenvalue weighted by Gasteiger charge is -2.32. The van der Waals surface area contributed by atoms with Crippen LogP contribution < -0.4 is 5.32 Å². The van der Waals surface area contributed by atoms with Crippen LogP contribution in [0.3, 0.4) is 0 Å². The summed E-state index contributed by atoms with van der Waals surface area (Å²) in [5, 5.41) is 3.54. The molecule has 0 bridgehead atoms. The molecular formula is C14H24N4. The third-order valence-corrected chi connectivity index (χ3v) is 3.57. The van der Waals surface area contributed by atoms with E-state index in [0.717, 1.165) is 17.9 Å². The highest BCUT2D eigenvalue weighted by Crippen LogP contribution is 2.15. The van der Waals surface area contributed by atoms with Crippen molar-refractivity contribution in [3.63, 3.8) is 0 Å². The summed E-state index contributed by atoms with van der Waals surface area (Å²) in [6.45, 7) is 8.02. The van der Waals surface area contributed by atoms with E-state index in [-0.39, 0.29) is 0 Å². The van der Waals surface area contributed by atoms with E-state index in [9.17, 15) is 0 Å². The van der Waals surface area contributed by atoms with Crippen molar-refractivity contribution in [3.05, 3.63) is 18.1 Å². The normalized spacial score (nSPS) is 17.9. The second-order valence-corrected chi connectivity index (χ2v) is 5.01. The topological polar surface area (TPSA) is 41.0 Å². The van der Waals surface area contributed by atoms with Gasteiger partial charge in [-0.05, 0) is 32.2 Å². The minimum atomic E-state index is 0.567. The van der Waals surface area contributed by atoms with Crippen molar-refractivity contribution in [2.24, 2.45) is 0 Å². The molecule has 1 N–H and O–H groups in total. The van der Waals surface area contributed by atoms with E-state index in [1.165, 1.54) is 38.9 Å². The maximum atomic E-state index is 4.30. The molecule has 0 aliphatic carbocycles. The molecule has 0 amide bonds. The van der Waals surface area contributed by atoms with Gasteiger partial charge in [-0.15, -0.1) is 0 Å². The third kappa shape index (κ3) is 3.67. The first-order valence-corrected chi connectivity index (χ1v) is 7.11.